The van der Waals surface area contributed by atoms with Gasteiger partial charge in [0.05, 0.1) is 15.6 Å². The second-order valence-corrected chi connectivity index (χ2v) is 9.37. The molecule has 2 aliphatic rings. The first-order valence-corrected chi connectivity index (χ1v) is 10.2. The van der Waals surface area contributed by atoms with Crippen LogP contribution in [0.5, 0.6) is 5.75 Å². The Balaban J connectivity index is 1.70. The fourth-order valence-electron chi connectivity index (χ4n) is 3.53. The number of carbonyl (C=O) groups excluding carboxylic acids is 1. The minimum Gasteiger partial charge on any atom is -0.475 e. The number of benzene rings is 1. The molecule has 5 nitrogen and oxygen atoms in total. The lowest BCUT2D eigenvalue weighted by atomic mass is 9.89. The molecule has 1 aliphatic heterocycles. The Morgan fingerprint density at radius 1 is 1.31 bits per heavy atom. The molecule has 1 aromatic carbocycles. The monoisotopic (exact) mass is 389 g/mol. The lowest BCUT2D eigenvalue weighted by Gasteiger charge is -2.33. The number of fused-ring (bicyclic) bond motifs is 1. The smallest absolute Gasteiger partial charge is 0.268 e. The fraction of sp³-hybridized carbons (Fsp3) is 0.474. The van der Waals surface area contributed by atoms with Crippen LogP contribution in [0.15, 0.2) is 18.3 Å². The normalized spacial score (nSPS) is 24.5. The largest absolute Gasteiger partial charge is 0.475 e. The first-order valence-electron chi connectivity index (χ1n) is 8.91. The highest BCUT2D eigenvalue weighted by atomic mass is 32.1. The van der Waals surface area contributed by atoms with Gasteiger partial charge in [0.25, 0.3) is 5.91 Å². The number of amides is 1. The standard InChI is InChI=1S/C19H23N3O2S2/c1-19(2)18(23)22-14-8-11(20)7-13(16(14)24-19)15-9-21-17(26-15)10-3-5-12(25)6-4-10/h7-10,12,25H,3-6,20H2,1-2H3,(H,22,23). The van der Waals surface area contributed by atoms with Crippen LogP contribution in [0.2, 0.25) is 0 Å². The highest BCUT2D eigenvalue weighted by Crippen LogP contribution is 2.46. The van der Waals surface area contributed by atoms with E-state index in [1.54, 1.807) is 31.3 Å². The molecule has 4 rings (SSSR count). The zero-order valence-corrected chi connectivity index (χ0v) is 16.6. The molecule has 1 aromatic heterocycles. The molecule has 1 aliphatic carbocycles. The van der Waals surface area contributed by atoms with Crippen LogP contribution >= 0.6 is 24.0 Å². The summed E-state index contributed by atoms with van der Waals surface area (Å²) in [7, 11) is 0. The number of nitrogens with zero attached hydrogens (tertiary/aromatic N) is 1. The summed E-state index contributed by atoms with van der Waals surface area (Å²) in [5.74, 6) is 0.999. The van der Waals surface area contributed by atoms with E-state index in [2.05, 4.69) is 22.9 Å². The minimum atomic E-state index is -0.920. The van der Waals surface area contributed by atoms with Crippen molar-refractivity contribution in [1.29, 1.82) is 0 Å². The van der Waals surface area contributed by atoms with Crippen LogP contribution in [0.25, 0.3) is 10.4 Å². The van der Waals surface area contributed by atoms with E-state index in [1.165, 1.54) is 0 Å². The van der Waals surface area contributed by atoms with Gasteiger partial charge in [-0.15, -0.1) is 11.3 Å². The summed E-state index contributed by atoms with van der Waals surface area (Å²) in [6, 6.07) is 3.64. The molecule has 138 valence electrons. The molecule has 1 saturated carbocycles. The van der Waals surface area contributed by atoms with Gasteiger partial charge >= 0.3 is 0 Å². The van der Waals surface area contributed by atoms with Crippen LogP contribution in [-0.2, 0) is 4.79 Å². The summed E-state index contributed by atoms with van der Waals surface area (Å²) in [5.41, 5.74) is 7.25. The number of carbonyl (C=O) groups is 1. The van der Waals surface area contributed by atoms with Gasteiger partial charge in [0, 0.05) is 28.6 Å². The van der Waals surface area contributed by atoms with Crippen molar-refractivity contribution in [3.8, 4) is 16.2 Å². The van der Waals surface area contributed by atoms with Crippen LogP contribution in [-0.4, -0.2) is 21.7 Å². The summed E-state index contributed by atoms with van der Waals surface area (Å²) in [4.78, 5) is 17.9. The fourth-order valence-corrected chi connectivity index (χ4v) is 4.93. The van der Waals surface area contributed by atoms with Crippen LogP contribution < -0.4 is 15.8 Å². The number of thiol groups is 1. The number of aromatic nitrogens is 1. The van der Waals surface area contributed by atoms with Crippen LogP contribution in [0, 0.1) is 0 Å². The zero-order valence-electron chi connectivity index (χ0n) is 14.9. The number of rotatable bonds is 2. The molecule has 0 bridgehead atoms. The van der Waals surface area contributed by atoms with Crippen molar-refractivity contribution in [3.63, 3.8) is 0 Å². The second-order valence-electron chi connectivity index (χ2n) is 7.58. The number of anilines is 2. The Morgan fingerprint density at radius 2 is 2.04 bits per heavy atom. The van der Waals surface area contributed by atoms with Gasteiger partial charge in [-0.2, -0.15) is 12.6 Å². The van der Waals surface area contributed by atoms with E-state index in [9.17, 15) is 4.79 Å². The van der Waals surface area contributed by atoms with Gasteiger partial charge in [0.1, 0.15) is 0 Å². The molecule has 2 heterocycles. The Bertz CT molecular complexity index is 854. The lowest BCUT2D eigenvalue weighted by molar-refractivity contribution is -0.129. The Hall–Kier alpha value is -1.73. The minimum absolute atomic E-state index is 0.171. The first-order chi connectivity index (χ1) is 12.3. The van der Waals surface area contributed by atoms with Crippen molar-refractivity contribution < 1.29 is 9.53 Å². The van der Waals surface area contributed by atoms with Gasteiger partial charge in [-0.3, -0.25) is 4.79 Å². The van der Waals surface area contributed by atoms with Crippen molar-refractivity contribution in [1.82, 2.24) is 4.98 Å². The highest BCUT2D eigenvalue weighted by Gasteiger charge is 2.37. The molecule has 0 saturated heterocycles. The highest BCUT2D eigenvalue weighted by molar-refractivity contribution is 7.80. The van der Waals surface area contributed by atoms with Crippen LogP contribution in [0.4, 0.5) is 11.4 Å². The molecule has 7 heteroatoms. The quantitative estimate of drug-likeness (QED) is 0.523. The third-order valence-electron chi connectivity index (χ3n) is 5.10. The number of ether oxygens (including phenoxy) is 1. The number of thiazole rings is 1. The molecular weight excluding hydrogens is 366 g/mol. The third kappa shape index (κ3) is 3.18. The Labute approximate surface area is 162 Å². The van der Waals surface area contributed by atoms with Crippen molar-refractivity contribution in [3.05, 3.63) is 23.3 Å². The molecule has 3 N–H and O–H groups in total. The van der Waals surface area contributed by atoms with Crippen molar-refractivity contribution >= 4 is 41.2 Å². The summed E-state index contributed by atoms with van der Waals surface area (Å²) in [5, 5.41) is 4.59. The average Bonchev–Trinajstić information content (AvgIpc) is 3.06. The molecule has 1 fully saturated rings. The molecular formula is C19H23N3O2S2. The van der Waals surface area contributed by atoms with Gasteiger partial charge < -0.3 is 15.8 Å². The van der Waals surface area contributed by atoms with E-state index in [-0.39, 0.29) is 5.91 Å². The molecule has 0 spiro atoms. The summed E-state index contributed by atoms with van der Waals surface area (Å²) in [6.45, 7) is 3.53. The van der Waals surface area contributed by atoms with Crippen molar-refractivity contribution in [2.24, 2.45) is 0 Å². The third-order valence-corrected chi connectivity index (χ3v) is 6.81. The average molecular weight is 390 g/mol. The number of nitrogen functional groups attached to an aromatic ring is 1. The molecule has 0 radical (unpaired) electrons. The Morgan fingerprint density at radius 3 is 2.77 bits per heavy atom. The summed E-state index contributed by atoms with van der Waals surface area (Å²) < 4.78 is 6.04. The van der Waals surface area contributed by atoms with E-state index in [0.29, 0.717) is 28.3 Å². The van der Waals surface area contributed by atoms with Gasteiger partial charge in [-0.1, -0.05) is 0 Å². The van der Waals surface area contributed by atoms with Crippen LogP contribution in [0.3, 0.4) is 0 Å². The predicted octanol–water partition coefficient (Wildman–Crippen LogP) is 4.46. The predicted molar refractivity (Wildman–Crippen MR) is 109 cm³/mol. The van der Waals surface area contributed by atoms with Gasteiger partial charge in [-0.25, -0.2) is 4.98 Å². The number of nitrogens with one attached hydrogen (secondary N) is 1. The number of hydrogen-bond donors (Lipinski definition) is 3. The number of hydrogen-bond acceptors (Lipinski definition) is 6. The second kappa shape index (κ2) is 6.46. The zero-order chi connectivity index (χ0) is 18.5. The van der Waals surface area contributed by atoms with Crippen LogP contribution in [0.1, 0.15) is 50.5 Å². The van der Waals surface area contributed by atoms with Crippen molar-refractivity contribution in [2.75, 3.05) is 11.1 Å². The van der Waals surface area contributed by atoms with Gasteiger partial charge in [-0.05, 0) is 51.7 Å². The van der Waals surface area contributed by atoms with E-state index < -0.39 is 5.60 Å². The van der Waals surface area contributed by atoms with E-state index >= 15 is 0 Å². The molecule has 0 unspecified atom stereocenters. The van der Waals surface area contributed by atoms with E-state index in [4.69, 9.17) is 10.5 Å². The summed E-state index contributed by atoms with van der Waals surface area (Å²) >= 11 is 6.28. The lowest BCUT2D eigenvalue weighted by Crippen LogP contribution is -2.45. The van der Waals surface area contributed by atoms with Crippen molar-refractivity contribution in [2.45, 2.75) is 56.3 Å². The van der Waals surface area contributed by atoms with E-state index in [0.717, 1.165) is 41.1 Å². The molecule has 26 heavy (non-hydrogen) atoms. The molecule has 1 amide bonds. The summed E-state index contributed by atoms with van der Waals surface area (Å²) in [6.07, 6.45) is 6.44. The Kier molecular flexibility index (Phi) is 4.39. The number of nitrogens with two attached hydrogens (primary N) is 1. The van der Waals surface area contributed by atoms with Gasteiger partial charge in [0.15, 0.2) is 11.4 Å². The first kappa shape index (κ1) is 17.7. The SMILES string of the molecule is CC1(C)Oc2c(cc(N)cc2-c2cnc(C3CCC(S)CC3)s2)NC1=O. The molecule has 0 atom stereocenters. The van der Waals surface area contributed by atoms with E-state index in [1.807, 2.05) is 12.3 Å². The maximum atomic E-state index is 12.2. The topological polar surface area (TPSA) is 77.2 Å². The van der Waals surface area contributed by atoms with Gasteiger partial charge in [0.2, 0.25) is 0 Å². The maximum absolute atomic E-state index is 12.2. The molecule has 2 aromatic rings. The maximum Gasteiger partial charge on any atom is 0.268 e.